The van der Waals surface area contributed by atoms with Gasteiger partial charge in [-0.3, -0.25) is 0 Å². The van der Waals surface area contributed by atoms with Gasteiger partial charge < -0.3 is 19.2 Å². The second-order valence-electron chi connectivity index (χ2n) is 5.57. The van der Waals surface area contributed by atoms with Gasteiger partial charge in [-0.2, -0.15) is 0 Å². The molecule has 24 heavy (non-hydrogen) atoms. The van der Waals surface area contributed by atoms with Gasteiger partial charge in [0.15, 0.2) is 15.2 Å². The Labute approximate surface area is 139 Å². The maximum atomic E-state index is 9.87. The van der Waals surface area contributed by atoms with Gasteiger partial charge in [0.05, 0.1) is 11.4 Å². The van der Waals surface area contributed by atoms with Crippen LogP contribution in [0.4, 0.5) is 42.2 Å². The fourth-order valence-electron chi connectivity index (χ4n) is 1.90. The van der Waals surface area contributed by atoms with Gasteiger partial charge in [0.2, 0.25) is 0 Å². The Balaban J connectivity index is 0.000000640. The van der Waals surface area contributed by atoms with Crippen LogP contribution in [-0.2, 0) is 0 Å². The number of halogens is 6. The molecule has 1 rings (SSSR count). The van der Waals surface area contributed by atoms with Crippen molar-refractivity contribution >= 4 is 34.3 Å². The first kappa shape index (κ1) is 22.9. The van der Waals surface area contributed by atoms with E-state index in [0.29, 0.717) is 0 Å². The van der Waals surface area contributed by atoms with Gasteiger partial charge in [-0.25, -0.2) is 0 Å². The Kier molecular flexibility index (Phi) is 6.32. The van der Waals surface area contributed by atoms with Crippen LogP contribution in [0.25, 0.3) is 0 Å². The van der Waals surface area contributed by atoms with Crippen molar-refractivity contribution < 1.29 is 29.7 Å². The van der Waals surface area contributed by atoms with Crippen LogP contribution in [0.1, 0.15) is 0 Å². The maximum absolute atomic E-state index is 10.7. The average molecular weight is 401 g/mol. The Hall–Kier alpha value is -1.14. The molecule has 0 fully saturated rings. The molecule has 0 bridgehead atoms. The summed E-state index contributed by atoms with van der Waals surface area (Å²) < 4.78 is 64.7. The second kappa shape index (κ2) is 6.64. The van der Waals surface area contributed by atoms with Crippen molar-refractivity contribution in [3.8, 4) is 5.75 Å². The van der Waals surface area contributed by atoms with Crippen LogP contribution in [0.5, 0.6) is 5.75 Å². The molecule has 0 heterocycles. The Morgan fingerprint density at radius 2 is 1.12 bits per heavy atom. The molecule has 12 heteroatoms. The number of nitrogens with zero attached hydrogens (tertiary/aromatic N) is 3. The molecule has 0 N–H and O–H groups in total. The molecular weight excluding hydrogens is 378 g/mol. The summed E-state index contributed by atoms with van der Waals surface area (Å²) >= 11 is 0. The van der Waals surface area contributed by atoms with Crippen LogP contribution >= 0.6 is 17.3 Å². The summed E-state index contributed by atoms with van der Waals surface area (Å²) in [5, 5.41) is 0. The van der Waals surface area contributed by atoms with Gasteiger partial charge in [-0.05, 0) is 12.1 Å². The van der Waals surface area contributed by atoms with Crippen LogP contribution in [0.15, 0.2) is 12.1 Å². The summed E-state index contributed by atoms with van der Waals surface area (Å²) in [5.74, 6) is 0.905. The first-order valence-electron chi connectivity index (χ1n) is 6.52. The molecular formula is C12H23F6N3OP2. The van der Waals surface area contributed by atoms with E-state index < -0.39 is 7.81 Å². The minimum absolute atomic E-state index is 0.905. The fourth-order valence-corrected chi connectivity index (χ4v) is 2.13. The van der Waals surface area contributed by atoms with Crippen molar-refractivity contribution in [2.75, 3.05) is 57.0 Å². The molecule has 1 atom stereocenters. The van der Waals surface area contributed by atoms with E-state index in [1.807, 2.05) is 20.2 Å². The van der Waals surface area contributed by atoms with Crippen LogP contribution in [-0.4, -0.2) is 42.3 Å². The normalized spacial score (nSPS) is 14.0. The third kappa shape index (κ3) is 9.23. The summed E-state index contributed by atoms with van der Waals surface area (Å²) in [7, 11) is 3.13. The topological polar surface area (TPSA) is 19.0 Å². The van der Waals surface area contributed by atoms with E-state index in [0.717, 1.165) is 11.4 Å². The second-order valence-corrected chi connectivity index (χ2v) is 7.77. The summed E-state index contributed by atoms with van der Waals surface area (Å²) in [6, 6.07) is 4.11. The molecule has 0 radical (unpaired) electrons. The van der Waals surface area contributed by atoms with E-state index in [9.17, 15) is 25.2 Å². The molecule has 0 aliphatic rings. The molecule has 0 saturated carbocycles. The number of hydrogen-bond donors (Lipinski definition) is 0. The zero-order valence-electron chi connectivity index (χ0n) is 14.3. The van der Waals surface area contributed by atoms with Crippen molar-refractivity contribution in [3.63, 3.8) is 0 Å². The van der Waals surface area contributed by atoms with Crippen LogP contribution in [0.3, 0.4) is 0 Å². The van der Waals surface area contributed by atoms with E-state index in [-0.39, 0.29) is 0 Å². The van der Waals surface area contributed by atoms with Crippen LogP contribution in [0.2, 0.25) is 0 Å². The van der Waals surface area contributed by atoms with Crippen LogP contribution < -0.4 is 19.2 Å². The SMILES string of the molecule is CN(C)c1ccc(O[PH3+])c(N(C)C)c1N(C)C.F[P-](F)(F)(F)(F)F. The molecule has 0 saturated heterocycles. The van der Waals surface area contributed by atoms with Gasteiger partial charge in [0, 0.05) is 42.3 Å². The van der Waals surface area contributed by atoms with Gasteiger partial charge in [-0.15, -0.1) is 0 Å². The number of benzene rings is 1. The van der Waals surface area contributed by atoms with Crippen LogP contribution in [0, 0.1) is 0 Å². The van der Waals surface area contributed by atoms with Crippen molar-refractivity contribution in [3.05, 3.63) is 12.1 Å². The molecule has 1 aromatic rings. The summed E-state index contributed by atoms with van der Waals surface area (Å²) in [6.45, 7) is 0. The standard InChI is InChI=1S/C12H23N3OP.F6P/c1-13(2)9-7-8-10(16-17)12(15(5)6)11(9)14(3)4;1-7(2,3,4,5)6/h7-8H,1-6,17H3;/q+1;-1. The summed E-state index contributed by atoms with van der Waals surface area (Å²) in [6.07, 6.45) is 0. The van der Waals surface area contributed by atoms with E-state index in [1.54, 1.807) is 0 Å². The molecule has 0 amide bonds. The molecule has 4 nitrogen and oxygen atoms in total. The van der Waals surface area contributed by atoms with Crippen molar-refractivity contribution in [1.82, 2.24) is 0 Å². The predicted molar refractivity (Wildman–Crippen MR) is 94.7 cm³/mol. The van der Waals surface area contributed by atoms with Gasteiger partial charge >= 0.3 is 33.0 Å². The van der Waals surface area contributed by atoms with E-state index in [1.165, 1.54) is 20.8 Å². The minimum atomic E-state index is -10.7. The molecule has 0 aliphatic heterocycles. The van der Waals surface area contributed by atoms with E-state index >= 15 is 0 Å². The molecule has 0 spiro atoms. The summed E-state index contributed by atoms with van der Waals surface area (Å²) in [5.41, 5.74) is 3.46. The average Bonchev–Trinajstić information content (AvgIpc) is 2.32. The third-order valence-electron chi connectivity index (χ3n) is 2.62. The third-order valence-corrected chi connectivity index (χ3v) is 2.94. The molecule has 1 unspecified atom stereocenters. The Morgan fingerprint density at radius 3 is 1.38 bits per heavy atom. The molecule has 0 aliphatic carbocycles. The number of hydrogen-bond acceptors (Lipinski definition) is 4. The molecule has 144 valence electrons. The first-order chi connectivity index (χ1) is 10.3. The van der Waals surface area contributed by atoms with E-state index in [2.05, 4.69) is 49.0 Å². The zero-order valence-corrected chi connectivity index (χ0v) is 16.6. The van der Waals surface area contributed by atoms with Gasteiger partial charge in [-0.1, -0.05) is 0 Å². The predicted octanol–water partition coefficient (Wildman–Crippen LogP) is 5.17. The number of rotatable bonds is 4. The van der Waals surface area contributed by atoms with Gasteiger partial charge in [0.1, 0.15) is 5.69 Å². The number of anilines is 3. The monoisotopic (exact) mass is 401 g/mol. The molecule has 1 aromatic carbocycles. The Morgan fingerprint density at radius 1 is 0.750 bits per heavy atom. The van der Waals surface area contributed by atoms with Crippen molar-refractivity contribution in [2.45, 2.75) is 0 Å². The van der Waals surface area contributed by atoms with Crippen molar-refractivity contribution in [2.24, 2.45) is 0 Å². The fraction of sp³-hybridized carbons (Fsp3) is 0.500. The quantitative estimate of drug-likeness (QED) is 0.512. The van der Waals surface area contributed by atoms with E-state index in [4.69, 9.17) is 4.52 Å². The summed E-state index contributed by atoms with van der Waals surface area (Å²) in [4.78, 5) is 6.33. The first-order valence-corrected chi connectivity index (χ1v) is 9.13. The van der Waals surface area contributed by atoms with Crippen molar-refractivity contribution in [1.29, 1.82) is 0 Å². The van der Waals surface area contributed by atoms with Gasteiger partial charge in [0.25, 0.3) is 0 Å². The molecule has 0 aromatic heterocycles. The Bertz CT molecular complexity index is 564. The zero-order chi connectivity index (χ0) is 19.6.